The summed E-state index contributed by atoms with van der Waals surface area (Å²) in [4.78, 5) is 32.0. The molecule has 3 aromatic heterocycles. The number of nitrogens with one attached hydrogen (secondary N) is 1. The lowest BCUT2D eigenvalue weighted by atomic mass is 9.94. The van der Waals surface area contributed by atoms with E-state index in [0.29, 0.717) is 42.7 Å². The largest absolute Gasteiger partial charge is 0.422 e. The number of aromatic nitrogens is 5. The molecular weight excluding hydrogens is 372 g/mol. The Morgan fingerprint density at radius 3 is 2.86 bits per heavy atom. The van der Waals surface area contributed by atoms with E-state index in [4.69, 9.17) is 4.42 Å². The maximum absolute atomic E-state index is 12.8. The van der Waals surface area contributed by atoms with Gasteiger partial charge in [0.05, 0.1) is 0 Å². The zero-order valence-corrected chi connectivity index (χ0v) is 16.2. The first-order valence-electron chi connectivity index (χ1n) is 10.1. The molecule has 0 saturated carbocycles. The number of rotatable bonds is 4. The molecule has 0 radical (unpaired) electrons. The average Bonchev–Trinajstić information content (AvgIpc) is 3.44. The molecule has 5 rings (SSSR count). The van der Waals surface area contributed by atoms with E-state index in [0.717, 1.165) is 45.0 Å². The van der Waals surface area contributed by atoms with Crippen molar-refractivity contribution in [1.29, 1.82) is 0 Å². The lowest BCUT2D eigenvalue weighted by molar-refractivity contribution is -0.132. The van der Waals surface area contributed by atoms with Gasteiger partial charge in [-0.15, -0.1) is 0 Å². The van der Waals surface area contributed by atoms with Crippen molar-refractivity contribution in [3.63, 3.8) is 0 Å². The number of fused-ring (bicyclic) bond motifs is 1. The van der Waals surface area contributed by atoms with Crippen molar-refractivity contribution in [3.05, 3.63) is 24.7 Å². The molecule has 1 amide bonds. The number of pyridine rings is 1. The van der Waals surface area contributed by atoms with Crippen molar-refractivity contribution >= 4 is 29.1 Å². The Hall–Kier alpha value is -3.17. The van der Waals surface area contributed by atoms with Gasteiger partial charge in [0.25, 0.3) is 6.01 Å². The number of hydrogen-bond acceptors (Lipinski definition) is 8. The molecule has 5 heterocycles. The van der Waals surface area contributed by atoms with Gasteiger partial charge in [-0.1, -0.05) is 0 Å². The van der Waals surface area contributed by atoms with Crippen LogP contribution in [0.3, 0.4) is 0 Å². The Labute approximate surface area is 167 Å². The van der Waals surface area contributed by atoms with Gasteiger partial charge in [0, 0.05) is 51.9 Å². The number of H-pyrrole nitrogens is 1. The topological polar surface area (TPSA) is 107 Å². The lowest BCUT2D eigenvalue weighted by Crippen LogP contribution is -2.50. The predicted octanol–water partition coefficient (Wildman–Crippen LogP) is 1.30. The van der Waals surface area contributed by atoms with Crippen molar-refractivity contribution in [2.45, 2.75) is 19.3 Å². The van der Waals surface area contributed by atoms with Gasteiger partial charge in [0.2, 0.25) is 17.5 Å². The molecule has 2 aliphatic rings. The molecule has 2 aliphatic heterocycles. The number of anilines is 2. The Kier molecular flexibility index (Phi) is 4.74. The van der Waals surface area contributed by atoms with Gasteiger partial charge in [0.15, 0.2) is 5.58 Å². The quantitative estimate of drug-likeness (QED) is 0.703. The third kappa shape index (κ3) is 3.74. The molecule has 2 fully saturated rings. The molecule has 2 saturated heterocycles. The number of oxazole rings is 1. The van der Waals surface area contributed by atoms with E-state index >= 15 is 0 Å². The number of carbonyl (C=O) groups excluding carboxylic acids is 1. The van der Waals surface area contributed by atoms with Crippen LogP contribution in [0.2, 0.25) is 0 Å². The van der Waals surface area contributed by atoms with Gasteiger partial charge >= 0.3 is 0 Å². The SMILES string of the molecule is O=C(CC1CCCN(c2nc3ncccc3o2)C1)N1CCN(c2ncn[nH]2)CC1. The summed E-state index contributed by atoms with van der Waals surface area (Å²) < 4.78 is 5.86. The highest BCUT2D eigenvalue weighted by atomic mass is 16.4. The minimum atomic E-state index is 0.230. The fourth-order valence-electron chi connectivity index (χ4n) is 4.19. The van der Waals surface area contributed by atoms with Crippen LogP contribution in [-0.4, -0.2) is 75.2 Å². The molecule has 0 aromatic carbocycles. The van der Waals surface area contributed by atoms with E-state index in [2.05, 4.69) is 34.9 Å². The standard InChI is InChI=1S/C19H24N8O2/c28-16(25-7-9-26(10-8-25)18-21-13-22-24-18)11-14-3-2-6-27(12-14)19-23-17-15(29-19)4-1-5-20-17/h1,4-5,13-14H,2-3,6-12H2,(H,21,22,24). The van der Waals surface area contributed by atoms with Crippen molar-refractivity contribution in [2.75, 3.05) is 49.1 Å². The number of piperazine rings is 1. The summed E-state index contributed by atoms with van der Waals surface area (Å²) in [5.74, 6) is 1.31. The Balaban J connectivity index is 1.17. The van der Waals surface area contributed by atoms with E-state index in [9.17, 15) is 4.79 Å². The van der Waals surface area contributed by atoms with Crippen LogP contribution in [0.1, 0.15) is 19.3 Å². The van der Waals surface area contributed by atoms with Crippen LogP contribution in [-0.2, 0) is 4.79 Å². The maximum Gasteiger partial charge on any atom is 0.299 e. The highest BCUT2D eigenvalue weighted by molar-refractivity contribution is 5.77. The first-order valence-corrected chi connectivity index (χ1v) is 10.1. The number of piperidine rings is 1. The molecule has 10 nitrogen and oxygen atoms in total. The van der Waals surface area contributed by atoms with Crippen LogP contribution in [0.15, 0.2) is 29.1 Å². The Morgan fingerprint density at radius 2 is 2.07 bits per heavy atom. The number of aromatic amines is 1. The van der Waals surface area contributed by atoms with Crippen molar-refractivity contribution in [1.82, 2.24) is 30.0 Å². The van der Waals surface area contributed by atoms with Crippen LogP contribution in [0.5, 0.6) is 0 Å². The van der Waals surface area contributed by atoms with Gasteiger partial charge in [0.1, 0.15) is 6.33 Å². The average molecular weight is 396 g/mol. The van der Waals surface area contributed by atoms with Crippen LogP contribution in [0.4, 0.5) is 12.0 Å². The molecule has 10 heteroatoms. The molecular formula is C19H24N8O2. The van der Waals surface area contributed by atoms with Gasteiger partial charge in [-0.3, -0.25) is 4.79 Å². The highest BCUT2D eigenvalue weighted by Crippen LogP contribution is 2.27. The zero-order valence-electron chi connectivity index (χ0n) is 16.2. The molecule has 29 heavy (non-hydrogen) atoms. The molecule has 1 N–H and O–H groups in total. The maximum atomic E-state index is 12.8. The normalized spacial score (nSPS) is 20.4. The van der Waals surface area contributed by atoms with Crippen molar-refractivity contribution < 1.29 is 9.21 Å². The molecule has 0 aliphatic carbocycles. The van der Waals surface area contributed by atoms with Crippen LogP contribution < -0.4 is 9.80 Å². The van der Waals surface area contributed by atoms with E-state index < -0.39 is 0 Å². The van der Waals surface area contributed by atoms with Crippen LogP contribution in [0, 0.1) is 5.92 Å². The summed E-state index contributed by atoms with van der Waals surface area (Å²) in [5.41, 5.74) is 1.33. The van der Waals surface area contributed by atoms with Gasteiger partial charge in [-0.05, 0) is 30.9 Å². The van der Waals surface area contributed by atoms with Crippen molar-refractivity contribution in [2.24, 2.45) is 5.92 Å². The highest BCUT2D eigenvalue weighted by Gasteiger charge is 2.28. The summed E-state index contributed by atoms with van der Waals surface area (Å²) in [6, 6.07) is 4.33. The third-order valence-electron chi connectivity index (χ3n) is 5.74. The van der Waals surface area contributed by atoms with Crippen LogP contribution in [0.25, 0.3) is 11.2 Å². The summed E-state index contributed by atoms with van der Waals surface area (Å²) in [7, 11) is 0. The number of hydrogen-bond donors (Lipinski definition) is 1. The van der Waals surface area contributed by atoms with Gasteiger partial charge < -0.3 is 19.1 Å². The minimum Gasteiger partial charge on any atom is -0.422 e. The Morgan fingerprint density at radius 1 is 1.17 bits per heavy atom. The minimum absolute atomic E-state index is 0.230. The lowest BCUT2D eigenvalue weighted by Gasteiger charge is -2.36. The molecule has 1 unspecified atom stereocenters. The zero-order chi connectivity index (χ0) is 19.6. The number of amides is 1. The Bertz CT molecular complexity index is 931. The van der Waals surface area contributed by atoms with E-state index in [1.165, 1.54) is 6.33 Å². The third-order valence-corrected chi connectivity index (χ3v) is 5.74. The van der Waals surface area contributed by atoms with Gasteiger partial charge in [-0.2, -0.15) is 15.1 Å². The van der Waals surface area contributed by atoms with E-state index in [-0.39, 0.29) is 5.91 Å². The summed E-state index contributed by atoms with van der Waals surface area (Å²) in [6.45, 7) is 4.66. The van der Waals surface area contributed by atoms with Crippen molar-refractivity contribution in [3.8, 4) is 0 Å². The van der Waals surface area contributed by atoms with Crippen LogP contribution >= 0.6 is 0 Å². The summed E-state index contributed by atoms with van der Waals surface area (Å²) in [5, 5.41) is 6.78. The first kappa shape index (κ1) is 17.9. The van der Waals surface area contributed by atoms with Gasteiger partial charge in [-0.25, -0.2) is 10.1 Å². The second-order valence-corrected chi connectivity index (χ2v) is 7.66. The monoisotopic (exact) mass is 396 g/mol. The fourth-order valence-corrected chi connectivity index (χ4v) is 4.19. The number of carbonyl (C=O) groups is 1. The molecule has 152 valence electrons. The predicted molar refractivity (Wildman–Crippen MR) is 107 cm³/mol. The fraction of sp³-hybridized carbons (Fsp3) is 0.526. The molecule has 0 bridgehead atoms. The second kappa shape index (κ2) is 7.69. The number of nitrogens with zero attached hydrogens (tertiary/aromatic N) is 7. The molecule has 1 atom stereocenters. The van der Waals surface area contributed by atoms with E-state index in [1.807, 2.05) is 17.0 Å². The molecule has 0 spiro atoms. The first-order chi connectivity index (χ1) is 14.3. The second-order valence-electron chi connectivity index (χ2n) is 7.66. The smallest absolute Gasteiger partial charge is 0.299 e. The summed E-state index contributed by atoms with van der Waals surface area (Å²) >= 11 is 0. The summed E-state index contributed by atoms with van der Waals surface area (Å²) in [6.07, 6.45) is 5.88. The molecule has 3 aromatic rings. The van der Waals surface area contributed by atoms with E-state index in [1.54, 1.807) is 6.20 Å².